The van der Waals surface area contributed by atoms with Crippen molar-refractivity contribution in [3.63, 3.8) is 0 Å². The van der Waals surface area contributed by atoms with Crippen molar-refractivity contribution in [2.75, 3.05) is 11.5 Å². The van der Waals surface area contributed by atoms with Crippen LogP contribution in [0.2, 0.25) is 0 Å². The first-order valence-electron chi connectivity index (χ1n) is 6.68. The number of pyridine rings is 1. The van der Waals surface area contributed by atoms with Gasteiger partial charge in [-0.1, -0.05) is 12.1 Å². The van der Waals surface area contributed by atoms with Gasteiger partial charge in [0.05, 0.1) is 6.54 Å². The lowest BCUT2D eigenvalue weighted by molar-refractivity contribution is 0.640. The molecular formula is C15H16N4OS. The highest BCUT2D eigenvalue weighted by molar-refractivity contribution is 7.99. The Morgan fingerprint density at radius 1 is 1.29 bits per heavy atom. The summed E-state index contributed by atoms with van der Waals surface area (Å²) in [6.07, 6.45) is 1.73. The molecule has 2 aromatic heterocycles. The van der Waals surface area contributed by atoms with E-state index in [0.29, 0.717) is 12.2 Å². The second-order valence-corrected chi connectivity index (χ2v) is 5.96. The van der Waals surface area contributed by atoms with Gasteiger partial charge < -0.3 is 5.73 Å². The van der Waals surface area contributed by atoms with Crippen LogP contribution in [0.4, 0.5) is 5.69 Å². The lowest BCUT2D eigenvalue weighted by atomic mass is 10.2. The number of rotatable bonds is 4. The number of aromatic nitrogens is 3. The van der Waals surface area contributed by atoms with E-state index < -0.39 is 0 Å². The molecule has 0 bridgehead atoms. The van der Waals surface area contributed by atoms with Crippen LogP contribution < -0.4 is 11.4 Å². The maximum Gasteiger partial charge on any atom is 0.350 e. The predicted molar refractivity (Wildman–Crippen MR) is 85.8 cm³/mol. The molecule has 0 spiro atoms. The Hall–Kier alpha value is -2.21. The van der Waals surface area contributed by atoms with Gasteiger partial charge >= 0.3 is 5.69 Å². The summed E-state index contributed by atoms with van der Waals surface area (Å²) in [4.78, 5) is 13.2. The average molecular weight is 300 g/mol. The summed E-state index contributed by atoms with van der Waals surface area (Å²) in [7, 11) is 0. The number of hydrogen-bond donors (Lipinski definition) is 1. The molecule has 2 heterocycles. The first-order chi connectivity index (χ1) is 10.1. The fourth-order valence-electron chi connectivity index (χ4n) is 2.16. The lowest BCUT2D eigenvalue weighted by Gasteiger charge is -2.05. The number of nitrogen functional groups attached to an aromatic ring is 1. The Kier molecular flexibility index (Phi) is 3.70. The van der Waals surface area contributed by atoms with E-state index in [-0.39, 0.29) is 5.69 Å². The number of nitrogens with two attached hydrogens (primary N) is 1. The summed E-state index contributed by atoms with van der Waals surface area (Å²) < 4.78 is 3.04. The van der Waals surface area contributed by atoms with Crippen LogP contribution in [0.3, 0.4) is 0 Å². The minimum Gasteiger partial charge on any atom is -0.398 e. The van der Waals surface area contributed by atoms with Gasteiger partial charge in [-0.25, -0.2) is 9.48 Å². The van der Waals surface area contributed by atoms with Crippen LogP contribution in [0.5, 0.6) is 0 Å². The molecule has 0 saturated heterocycles. The van der Waals surface area contributed by atoms with Crippen LogP contribution in [0, 0.1) is 6.92 Å². The van der Waals surface area contributed by atoms with Gasteiger partial charge in [0.25, 0.3) is 0 Å². The molecule has 0 aliphatic carbocycles. The van der Waals surface area contributed by atoms with Gasteiger partial charge in [0.2, 0.25) is 0 Å². The minimum absolute atomic E-state index is 0.108. The van der Waals surface area contributed by atoms with Gasteiger partial charge in [-0.15, -0.1) is 16.9 Å². The first kappa shape index (κ1) is 13.8. The second-order valence-electron chi connectivity index (χ2n) is 4.82. The standard InChI is InChI=1S/C15H16N4OS/c1-11-5-6-13(12(16)10-11)21-9-8-19-15(20)18-7-3-2-4-14(18)17-19/h2-7,10H,8-9,16H2,1H3. The molecule has 0 aliphatic heterocycles. The summed E-state index contributed by atoms with van der Waals surface area (Å²) in [5, 5.41) is 4.30. The summed E-state index contributed by atoms with van der Waals surface area (Å²) in [6.45, 7) is 2.57. The van der Waals surface area contributed by atoms with Gasteiger partial charge in [0.15, 0.2) is 5.65 Å². The monoisotopic (exact) mass is 300 g/mol. The highest BCUT2D eigenvalue weighted by Gasteiger charge is 2.06. The van der Waals surface area contributed by atoms with E-state index in [0.717, 1.165) is 21.9 Å². The molecule has 3 aromatic rings. The highest BCUT2D eigenvalue weighted by atomic mass is 32.2. The molecule has 108 valence electrons. The second kappa shape index (κ2) is 5.65. The molecule has 5 nitrogen and oxygen atoms in total. The molecule has 0 saturated carbocycles. The quantitative estimate of drug-likeness (QED) is 0.592. The smallest absolute Gasteiger partial charge is 0.350 e. The Morgan fingerprint density at radius 3 is 2.90 bits per heavy atom. The summed E-state index contributed by atoms with van der Waals surface area (Å²) >= 11 is 1.64. The van der Waals surface area contributed by atoms with Crippen molar-refractivity contribution in [3.05, 3.63) is 58.6 Å². The van der Waals surface area contributed by atoms with Gasteiger partial charge in [-0.3, -0.25) is 4.40 Å². The summed E-state index contributed by atoms with van der Waals surface area (Å²) in [6, 6.07) is 11.5. The van der Waals surface area contributed by atoms with Crippen LogP contribution in [0.15, 0.2) is 52.3 Å². The minimum atomic E-state index is -0.108. The number of hydrogen-bond acceptors (Lipinski definition) is 4. The van der Waals surface area contributed by atoms with Crippen LogP contribution in [-0.2, 0) is 6.54 Å². The molecule has 0 radical (unpaired) electrons. The molecule has 0 aliphatic rings. The Balaban J connectivity index is 1.72. The Labute approximate surface area is 126 Å². The van der Waals surface area contributed by atoms with E-state index in [9.17, 15) is 4.79 Å². The number of anilines is 1. The van der Waals surface area contributed by atoms with Gasteiger partial charge in [-0.05, 0) is 36.8 Å². The average Bonchev–Trinajstić information content (AvgIpc) is 2.79. The maximum atomic E-state index is 12.1. The zero-order valence-corrected chi connectivity index (χ0v) is 12.5. The van der Waals surface area contributed by atoms with Crippen LogP contribution in [0.25, 0.3) is 5.65 Å². The zero-order valence-electron chi connectivity index (χ0n) is 11.7. The molecule has 21 heavy (non-hydrogen) atoms. The van der Waals surface area contributed by atoms with Gasteiger partial charge in [0.1, 0.15) is 0 Å². The third kappa shape index (κ3) is 2.80. The van der Waals surface area contributed by atoms with E-state index in [2.05, 4.69) is 5.10 Å². The van der Waals surface area contributed by atoms with Crippen molar-refractivity contribution in [2.45, 2.75) is 18.4 Å². The van der Waals surface area contributed by atoms with Gasteiger partial charge in [0, 0.05) is 22.5 Å². The largest absolute Gasteiger partial charge is 0.398 e. The molecule has 3 rings (SSSR count). The zero-order chi connectivity index (χ0) is 14.8. The normalized spacial score (nSPS) is 11.1. The molecule has 2 N–H and O–H groups in total. The Morgan fingerprint density at radius 2 is 2.14 bits per heavy atom. The van der Waals surface area contributed by atoms with E-state index in [1.807, 2.05) is 43.3 Å². The highest BCUT2D eigenvalue weighted by Crippen LogP contribution is 2.25. The number of thioether (sulfide) groups is 1. The number of nitrogens with zero attached hydrogens (tertiary/aromatic N) is 3. The third-order valence-corrected chi connectivity index (χ3v) is 4.28. The van der Waals surface area contributed by atoms with E-state index in [1.54, 1.807) is 22.4 Å². The third-order valence-electron chi connectivity index (χ3n) is 3.21. The van der Waals surface area contributed by atoms with Crippen LogP contribution >= 0.6 is 11.8 Å². The van der Waals surface area contributed by atoms with Crippen LogP contribution in [-0.4, -0.2) is 19.9 Å². The maximum absolute atomic E-state index is 12.1. The summed E-state index contributed by atoms with van der Waals surface area (Å²) in [5.41, 5.74) is 8.47. The first-order valence-corrected chi connectivity index (χ1v) is 7.67. The number of aryl methyl sites for hydroxylation is 2. The van der Waals surface area contributed by atoms with Crippen molar-refractivity contribution in [3.8, 4) is 0 Å². The molecule has 0 atom stereocenters. The Bertz CT molecular complexity index is 837. The molecule has 0 unspecified atom stereocenters. The van der Waals surface area contributed by atoms with Crippen molar-refractivity contribution in [1.82, 2.24) is 14.2 Å². The van der Waals surface area contributed by atoms with Crippen molar-refractivity contribution < 1.29 is 0 Å². The predicted octanol–water partition coefficient (Wildman–Crippen LogP) is 2.18. The topological polar surface area (TPSA) is 65.3 Å². The lowest BCUT2D eigenvalue weighted by Crippen LogP contribution is -2.21. The van der Waals surface area contributed by atoms with E-state index in [1.165, 1.54) is 4.68 Å². The molecule has 1 aromatic carbocycles. The SMILES string of the molecule is Cc1ccc(SCCn2nc3ccccn3c2=O)c(N)c1. The number of benzene rings is 1. The van der Waals surface area contributed by atoms with Crippen LogP contribution in [0.1, 0.15) is 5.56 Å². The molecule has 0 amide bonds. The van der Waals surface area contributed by atoms with E-state index in [4.69, 9.17) is 5.73 Å². The van der Waals surface area contributed by atoms with Crippen molar-refractivity contribution in [1.29, 1.82) is 0 Å². The fraction of sp³-hybridized carbons (Fsp3) is 0.200. The van der Waals surface area contributed by atoms with Crippen molar-refractivity contribution >= 4 is 23.1 Å². The summed E-state index contributed by atoms with van der Waals surface area (Å²) in [5.74, 6) is 0.747. The van der Waals surface area contributed by atoms with E-state index >= 15 is 0 Å². The molecular weight excluding hydrogens is 284 g/mol. The van der Waals surface area contributed by atoms with Crippen molar-refractivity contribution in [2.24, 2.45) is 0 Å². The fourth-order valence-corrected chi connectivity index (χ4v) is 3.03. The molecule has 6 heteroatoms. The molecule has 0 fully saturated rings. The number of fused-ring (bicyclic) bond motifs is 1. The van der Waals surface area contributed by atoms with Gasteiger partial charge in [-0.2, -0.15) is 0 Å².